The average Bonchev–Trinajstić information content (AvgIpc) is 2.77. The zero-order valence-corrected chi connectivity index (χ0v) is 11.2. The lowest BCUT2D eigenvalue weighted by Crippen LogP contribution is -2.07. The monoisotopic (exact) mass is 338 g/mol. The van der Waals surface area contributed by atoms with E-state index in [1.165, 1.54) is 10.9 Å². The Morgan fingerprint density at radius 2 is 2.00 bits per heavy atom. The summed E-state index contributed by atoms with van der Waals surface area (Å²) in [6.45, 7) is 0. The van der Waals surface area contributed by atoms with Gasteiger partial charge in [0.05, 0.1) is 5.69 Å². The largest absolute Gasteiger partial charge is 0.435 e. The molecule has 0 aliphatic carbocycles. The van der Waals surface area contributed by atoms with Gasteiger partial charge in [-0.3, -0.25) is 0 Å². The number of rotatable bonds is 2. The third-order valence-electron chi connectivity index (χ3n) is 2.32. The van der Waals surface area contributed by atoms with Gasteiger partial charge in [-0.15, -0.1) is 0 Å². The molecule has 0 aliphatic heterocycles. The van der Waals surface area contributed by atoms with Crippen molar-refractivity contribution < 1.29 is 13.2 Å². The highest BCUT2D eigenvalue weighted by Crippen LogP contribution is 2.29. The van der Waals surface area contributed by atoms with E-state index in [4.69, 9.17) is 11.6 Å². The van der Waals surface area contributed by atoms with E-state index in [1.54, 1.807) is 18.2 Å². The van der Waals surface area contributed by atoms with Gasteiger partial charge in [-0.05, 0) is 23.8 Å². The van der Waals surface area contributed by atoms with E-state index in [9.17, 15) is 13.2 Å². The summed E-state index contributed by atoms with van der Waals surface area (Å²) in [5.74, 6) is 0. The van der Waals surface area contributed by atoms with Crippen LogP contribution in [0.3, 0.4) is 0 Å². The number of hydrogen-bond donors (Lipinski definition) is 0. The predicted molar refractivity (Wildman–Crippen MR) is 66.2 cm³/mol. The smallest absolute Gasteiger partial charge is 0.240 e. The summed E-state index contributed by atoms with van der Waals surface area (Å²) in [7, 11) is 0. The summed E-state index contributed by atoms with van der Waals surface area (Å²) in [5, 5.41) is 4.46. The molecule has 1 heterocycles. The molecule has 7 heteroatoms. The molecule has 0 saturated carbocycles. The molecule has 0 radical (unpaired) electrons. The van der Waals surface area contributed by atoms with Crippen LogP contribution >= 0.6 is 27.5 Å². The Kier molecular flexibility index (Phi) is 3.68. The van der Waals surface area contributed by atoms with Crippen LogP contribution in [0.25, 0.3) is 5.69 Å². The molecule has 0 aliphatic rings. The van der Waals surface area contributed by atoms with Gasteiger partial charge in [-0.2, -0.15) is 18.3 Å². The van der Waals surface area contributed by atoms with Crippen LogP contribution in [0, 0.1) is 0 Å². The second-order valence-electron chi connectivity index (χ2n) is 3.55. The summed E-state index contributed by atoms with van der Waals surface area (Å²) in [5.41, 5.74) is 0.397. The van der Waals surface area contributed by atoms with Crippen molar-refractivity contribution in [3.05, 3.63) is 46.7 Å². The second kappa shape index (κ2) is 4.93. The highest BCUT2D eigenvalue weighted by atomic mass is 79.9. The molecular formula is C11H7BrClF3N2. The Morgan fingerprint density at radius 3 is 2.56 bits per heavy atom. The van der Waals surface area contributed by atoms with Crippen LogP contribution in [0.15, 0.2) is 30.5 Å². The van der Waals surface area contributed by atoms with Crippen LogP contribution < -0.4 is 0 Å². The van der Waals surface area contributed by atoms with Crippen LogP contribution in [-0.4, -0.2) is 9.78 Å². The van der Waals surface area contributed by atoms with Crippen molar-refractivity contribution in [2.45, 2.75) is 11.5 Å². The molecule has 0 spiro atoms. The topological polar surface area (TPSA) is 17.8 Å². The number of nitrogens with zero attached hydrogens (tertiary/aromatic N) is 2. The molecule has 0 amide bonds. The first-order valence-electron chi connectivity index (χ1n) is 4.89. The lowest BCUT2D eigenvalue weighted by atomic mass is 10.2. The third-order valence-corrected chi connectivity index (χ3v) is 3.16. The first-order valence-corrected chi connectivity index (χ1v) is 6.39. The second-order valence-corrected chi connectivity index (χ2v) is 4.55. The standard InChI is InChI=1S/C11H7BrClF3N2/c12-6-7-1-2-8(13)5-9(7)18-4-3-10(17-18)11(14,15)16/h1-5H,6H2. The summed E-state index contributed by atoms with van der Waals surface area (Å²) in [4.78, 5) is 0. The first kappa shape index (κ1) is 13.4. The molecule has 0 saturated heterocycles. The lowest BCUT2D eigenvalue weighted by Gasteiger charge is -2.08. The van der Waals surface area contributed by atoms with E-state index in [0.29, 0.717) is 16.0 Å². The molecule has 2 nitrogen and oxygen atoms in total. The zero-order chi connectivity index (χ0) is 13.3. The predicted octanol–water partition coefficient (Wildman–Crippen LogP) is 4.44. The maximum absolute atomic E-state index is 12.5. The Bertz CT molecular complexity index is 566. The highest BCUT2D eigenvalue weighted by Gasteiger charge is 2.33. The van der Waals surface area contributed by atoms with Gasteiger partial charge < -0.3 is 0 Å². The molecule has 96 valence electrons. The average molecular weight is 340 g/mol. The summed E-state index contributed by atoms with van der Waals surface area (Å²) >= 11 is 9.11. The van der Waals surface area contributed by atoms with E-state index < -0.39 is 11.9 Å². The van der Waals surface area contributed by atoms with Gasteiger partial charge in [0, 0.05) is 16.5 Å². The van der Waals surface area contributed by atoms with Gasteiger partial charge >= 0.3 is 6.18 Å². The SMILES string of the molecule is FC(F)(F)c1ccn(-c2cc(Cl)ccc2CBr)n1. The fourth-order valence-corrected chi connectivity index (χ4v) is 2.11. The minimum Gasteiger partial charge on any atom is -0.240 e. The van der Waals surface area contributed by atoms with Gasteiger partial charge in [0.15, 0.2) is 5.69 Å². The molecule has 0 fully saturated rings. The van der Waals surface area contributed by atoms with Gasteiger partial charge in [-0.1, -0.05) is 33.6 Å². The maximum atomic E-state index is 12.5. The fourth-order valence-electron chi connectivity index (χ4n) is 1.47. The van der Waals surface area contributed by atoms with E-state index in [1.807, 2.05) is 0 Å². The van der Waals surface area contributed by atoms with Gasteiger partial charge in [0.25, 0.3) is 0 Å². The Morgan fingerprint density at radius 1 is 1.28 bits per heavy atom. The first-order chi connectivity index (χ1) is 8.41. The lowest BCUT2D eigenvalue weighted by molar-refractivity contribution is -0.141. The molecule has 18 heavy (non-hydrogen) atoms. The minimum atomic E-state index is -4.45. The number of halogens is 5. The van der Waals surface area contributed by atoms with Crippen molar-refractivity contribution in [3.63, 3.8) is 0 Å². The number of benzene rings is 1. The number of hydrogen-bond acceptors (Lipinski definition) is 1. The van der Waals surface area contributed by atoms with Gasteiger partial charge in [0.2, 0.25) is 0 Å². The molecular weight excluding hydrogens is 332 g/mol. The van der Waals surface area contributed by atoms with Gasteiger partial charge in [-0.25, -0.2) is 4.68 Å². The molecule has 0 unspecified atom stereocenters. The fraction of sp³-hybridized carbons (Fsp3) is 0.182. The molecule has 0 atom stereocenters. The Hall–Kier alpha value is -1.01. The number of alkyl halides is 4. The van der Waals surface area contributed by atoms with E-state index in [-0.39, 0.29) is 0 Å². The zero-order valence-electron chi connectivity index (χ0n) is 8.88. The summed E-state index contributed by atoms with van der Waals surface area (Å²) in [6.07, 6.45) is -3.18. The molecule has 2 rings (SSSR count). The molecule has 0 N–H and O–H groups in total. The quantitative estimate of drug-likeness (QED) is 0.740. The summed E-state index contributed by atoms with van der Waals surface area (Å²) < 4.78 is 38.6. The normalized spacial score (nSPS) is 11.8. The molecule has 1 aromatic heterocycles. The summed E-state index contributed by atoms with van der Waals surface area (Å²) in [6, 6.07) is 5.92. The van der Waals surface area contributed by atoms with E-state index >= 15 is 0 Å². The Balaban J connectivity index is 2.49. The minimum absolute atomic E-state index is 0.443. The van der Waals surface area contributed by atoms with Crippen LogP contribution in [0.4, 0.5) is 13.2 Å². The maximum Gasteiger partial charge on any atom is 0.435 e. The molecule has 1 aromatic carbocycles. The molecule has 0 bridgehead atoms. The van der Waals surface area contributed by atoms with Crippen molar-refractivity contribution in [1.82, 2.24) is 9.78 Å². The van der Waals surface area contributed by atoms with E-state index in [0.717, 1.165) is 11.6 Å². The van der Waals surface area contributed by atoms with Crippen molar-refractivity contribution in [2.24, 2.45) is 0 Å². The van der Waals surface area contributed by atoms with Crippen molar-refractivity contribution in [2.75, 3.05) is 0 Å². The Labute approximate surface area is 114 Å². The van der Waals surface area contributed by atoms with Crippen LogP contribution in [-0.2, 0) is 11.5 Å². The third kappa shape index (κ3) is 2.70. The van der Waals surface area contributed by atoms with Crippen LogP contribution in [0.2, 0.25) is 5.02 Å². The highest BCUT2D eigenvalue weighted by molar-refractivity contribution is 9.08. The van der Waals surface area contributed by atoms with Gasteiger partial charge in [0.1, 0.15) is 0 Å². The van der Waals surface area contributed by atoms with Crippen molar-refractivity contribution in [3.8, 4) is 5.69 Å². The van der Waals surface area contributed by atoms with Crippen LogP contribution in [0.1, 0.15) is 11.3 Å². The molecule has 2 aromatic rings. The number of aromatic nitrogens is 2. The van der Waals surface area contributed by atoms with Crippen molar-refractivity contribution in [1.29, 1.82) is 0 Å². The van der Waals surface area contributed by atoms with Crippen LogP contribution in [0.5, 0.6) is 0 Å². The van der Waals surface area contributed by atoms with Crippen molar-refractivity contribution >= 4 is 27.5 Å². The van der Waals surface area contributed by atoms with E-state index in [2.05, 4.69) is 21.0 Å².